The van der Waals surface area contributed by atoms with Gasteiger partial charge in [-0.05, 0) is 31.7 Å². The molecule has 3 aromatic rings. The second-order valence-electron chi connectivity index (χ2n) is 7.11. The van der Waals surface area contributed by atoms with Crippen LogP contribution in [0.1, 0.15) is 25.7 Å². The summed E-state index contributed by atoms with van der Waals surface area (Å²) in [6, 6.07) is 6.19. The number of carboxylic acid groups (broad SMARTS) is 1. The van der Waals surface area contributed by atoms with Crippen LogP contribution in [0.5, 0.6) is 0 Å². The van der Waals surface area contributed by atoms with Gasteiger partial charge >= 0.3 is 5.97 Å². The molecule has 0 radical (unpaired) electrons. The van der Waals surface area contributed by atoms with E-state index in [0.29, 0.717) is 41.3 Å². The third kappa shape index (κ3) is 4.24. The number of carboxylic acids is 1. The SMILES string of the molecule is O=C(O)[C@H]1CC[C@H](Nc2ncc3ncnc(Nc4cccc([N+](=O)[O-])c4)c3n2)CC1. The van der Waals surface area contributed by atoms with Gasteiger partial charge in [0.05, 0.1) is 17.0 Å². The smallest absolute Gasteiger partial charge is 0.306 e. The van der Waals surface area contributed by atoms with Crippen LogP contribution in [0.2, 0.25) is 0 Å². The Labute approximate surface area is 170 Å². The van der Waals surface area contributed by atoms with E-state index in [1.807, 2.05) is 0 Å². The second kappa shape index (κ2) is 8.23. The maximum Gasteiger partial charge on any atom is 0.306 e. The Hall–Kier alpha value is -3.89. The van der Waals surface area contributed by atoms with E-state index in [2.05, 4.69) is 30.6 Å². The van der Waals surface area contributed by atoms with Crippen molar-refractivity contribution in [2.75, 3.05) is 10.6 Å². The number of nitro benzene ring substituents is 1. The van der Waals surface area contributed by atoms with E-state index in [-0.39, 0.29) is 17.6 Å². The van der Waals surface area contributed by atoms with Crippen LogP contribution in [0.25, 0.3) is 11.0 Å². The van der Waals surface area contributed by atoms with E-state index in [1.54, 1.807) is 18.3 Å². The minimum absolute atomic E-state index is 0.0349. The lowest BCUT2D eigenvalue weighted by atomic mass is 9.86. The summed E-state index contributed by atoms with van der Waals surface area (Å²) >= 11 is 0. The molecule has 2 heterocycles. The number of carbonyl (C=O) groups is 1. The lowest BCUT2D eigenvalue weighted by Gasteiger charge is -2.26. The van der Waals surface area contributed by atoms with Crippen LogP contribution in [-0.4, -0.2) is 42.0 Å². The van der Waals surface area contributed by atoms with Gasteiger partial charge in [-0.15, -0.1) is 0 Å². The highest BCUT2D eigenvalue weighted by molar-refractivity contribution is 5.87. The first kappa shape index (κ1) is 19.4. The zero-order chi connectivity index (χ0) is 21.1. The summed E-state index contributed by atoms with van der Waals surface area (Å²) in [6.45, 7) is 0. The average Bonchev–Trinajstić information content (AvgIpc) is 2.75. The quantitative estimate of drug-likeness (QED) is 0.408. The summed E-state index contributed by atoms with van der Waals surface area (Å²) < 4.78 is 0. The summed E-state index contributed by atoms with van der Waals surface area (Å²) in [4.78, 5) is 38.8. The zero-order valence-corrected chi connectivity index (χ0v) is 15.9. The fourth-order valence-electron chi connectivity index (χ4n) is 3.52. The number of fused-ring (bicyclic) bond motifs is 1. The summed E-state index contributed by atoms with van der Waals surface area (Å²) in [7, 11) is 0. The molecule has 1 aliphatic carbocycles. The molecule has 0 bridgehead atoms. The number of aliphatic carboxylic acids is 1. The van der Waals surface area contributed by atoms with E-state index in [0.717, 1.165) is 12.8 Å². The molecule has 1 fully saturated rings. The minimum atomic E-state index is -0.746. The Kier molecular flexibility index (Phi) is 5.33. The first-order valence-corrected chi connectivity index (χ1v) is 9.48. The third-order valence-corrected chi connectivity index (χ3v) is 5.11. The van der Waals surface area contributed by atoms with Gasteiger partial charge in [0.1, 0.15) is 17.4 Å². The Balaban J connectivity index is 1.55. The van der Waals surface area contributed by atoms with Gasteiger partial charge in [0.25, 0.3) is 5.69 Å². The van der Waals surface area contributed by atoms with Crippen molar-refractivity contribution in [1.29, 1.82) is 0 Å². The monoisotopic (exact) mass is 409 g/mol. The normalized spacial score (nSPS) is 18.7. The number of rotatable bonds is 6. The number of anilines is 3. The first-order valence-electron chi connectivity index (χ1n) is 9.48. The van der Waals surface area contributed by atoms with E-state index < -0.39 is 10.9 Å². The highest BCUT2D eigenvalue weighted by Gasteiger charge is 2.26. The van der Waals surface area contributed by atoms with E-state index >= 15 is 0 Å². The van der Waals surface area contributed by atoms with Gasteiger partial charge in [-0.3, -0.25) is 14.9 Å². The van der Waals surface area contributed by atoms with Crippen molar-refractivity contribution in [3.63, 3.8) is 0 Å². The molecule has 0 unspecified atom stereocenters. The predicted octanol–water partition coefficient (Wildman–Crippen LogP) is 3.13. The van der Waals surface area contributed by atoms with Gasteiger partial charge in [0.15, 0.2) is 5.82 Å². The highest BCUT2D eigenvalue weighted by atomic mass is 16.6. The van der Waals surface area contributed by atoms with Crippen molar-refractivity contribution >= 4 is 40.1 Å². The average molecular weight is 409 g/mol. The molecular formula is C19H19N7O4. The first-order chi connectivity index (χ1) is 14.5. The number of hydrogen-bond acceptors (Lipinski definition) is 9. The standard InChI is InChI=1S/C19H19N7O4/c27-18(28)11-4-6-12(7-5-11)24-19-20-9-15-16(25-19)17(22-10-21-15)23-13-2-1-3-14(8-13)26(29)30/h1-3,8-12H,4-7H2,(H,27,28)(H,20,24,25)(H,21,22,23)/t11-,12-. The predicted molar refractivity (Wildman–Crippen MR) is 109 cm³/mol. The molecule has 11 nitrogen and oxygen atoms in total. The van der Waals surface area contributed by atoms with Crippen LogP contribution in [-0.2, 0) is 4.79 Å². The molecule has 0 amide bonds. The van der Waals surface area contributed by atoms with Crippen molar-refractivity contribution in [3.05, 3.63) is 46.9 Å². The van der Waals surface area contributed by atoms with Crippen LogP contribution in [0, 0.1) is 16.0 Å². The number of aromatic nitrogens is 4. The third-order valence-electron chi connectivity index (χ3n) is 5.11. The maximum absolute atomic E-state index is 11.1. The van der Waals surface area contributed by atoms with Gasteiger partial charge in [0, 0.05) is 23.9 Å². The van der Waals surface area contributed by atoms with Gasteiger partial charge < -0.3 is 15.7 Å². The van der Waals surface area contributed by atoms with Crippen LogP contribution in [0.15, 0.2) is 36.8 Å². The largest absolute Gasteiger partial charge is 0.481 e. The summed E-state index contributed by atoms with van der Waals surface area (Å²) in [6.07, 6.45) is 5.62. The van der Waals surface area contributed by atoms with Gasteiger partial charge in [0.2, 0.25) is 5.95 Å². The molecule has 1 aliphatic rings. The molecule has 30 heavy (non-hydrogen) atoms. The zero-order valence-electron chi connectivity index (χ0n) is 15.9. The van der Waals surface area contributed by atoms with Crippen molar-refractivity contribution in [3.8, 4) is 0 Å². The van der Waals surface area contributed by atoms with Crippen LogP contribution < -0.4 is 10.6 Å². The second-order valence-corrected chi connectivity index (χ2v) is 7.11. The van der Waals surface area contributed by atoms with Crippen molar-refractivity contribution in [2.45, 2.75) is 31.7 Å². The molecular weight excluding hydrogens is 390 g/mol. The molecule has 2 aromatic heterocycles. The highest BCUT2D eigenvalue weighted by Crippen LogP contribution is 2.27. The Morgan fingerprint density at radius 3 is 2.70 bits per heavy atom. The topological polar surface area (TPSA) is 156 Å². The molecule has 0 saturated heterocycles. The van der Waals surface area contributed by atoms with E-state index in [1.165, 1.54) is 18.5 Å². The fourth-order valence-corrected chi connectivity index (χ4v) is 3.52. The molecule has 1 aromatic carbocycles. The minimum Gasteiger partial charge on any atom is -0.481 e. The Morgan fingerprint density at radius 1 is 1.17 bits per heavy atom. The summed E-state index contributed by atoms with van der Waals surface area (Å²) in [5, 5.41) is 26.4. The number of nitro groups is 1. The number of nitrogens with one attached hydrogen (secondary N) is 2. The fraction of sp³-hybridized carbons (Fsp3) is 0.316. The number of non-ortho nitro benzene ring substituents is 1. The maximum atomic E-state index is 11.1. The van der Waals surface area contributed by atoms with Crippen LogP contribution >= 0.6 is 0 Å². The van der Waals surface area contributed by atoms with E-state index in [4.69, 9.17) is 5.11 Å². The number of nitrogens with zero attached hydrogens (tertiary/aromatic N) is 5. The molecule has 3 N–H and O–H groups in total. The Bertz CT molecular complexity index is 1100. The number of hydrogen-bond donors (Lipinski definition) is 3. The van der Waals surface area contributed by atoms with Crippen molar-refractivity contribution < 1.29 is 14.8 Å². The molecule has 0 atom stereocenters. The summed E-state index contributed by atoms with van der Waals surface area (Å²) in [5.74, 6) is -0.233. The lowest BCUT2D eigenvalue weighted by molar-refractivity contribution is -0.384. The molecule has 4 rings (SSSR count). The number of benzene rings is 1. The lowest BCUT2D eigenvalue weighted by Crippen LogP contribution is -2.29. The molecule has 154 valence electrons. The molecule has 0 spiro atoms. The van der Waals surface area contributed by atoms with E-state index in [9.17, 15) is 14.9 Å². The van der Waals surface area contributed by atoms with Crippen LogP contribution in [0.3, 0.4) is 0 Å². The molecule has 1 saturated carbocycles. The Morgan fingerprint density at radius 2 is 1.97 bits per heavy atom. The molecule has 11 heteroatoms. The van der Waals surface area contributed by atoms with Gasteiger partial charge in [-0.25, -0.2) is 19.9 Å². The van der Waals surface area contributed by atoms with Gasteiger partial charge in [-0.1, -0.05) is 6.07 Å². The molecule has 0 aliphatic heterocycles. The summed E-state index contributed by atoms with van der Waals surface area (Å²) in [5.41, 5.74) is 1.47. The van der Waals surface area contributed by atoms with Crippen molar-refractivity contribution in [2.24, 2.45) is 5.92 Å². The van der Waals surface area contributed by atoms with Crippen molar-refractivity contribution in [1.82, 2.24) is 19.9 Å². The van der Waals surface area contributed by atoms with Gasteiger partial charge in [-0.2, -0.15) is 0 Å². The van der Waals surface area contributed by atoms with Crippen LogP contribution in [0.4, 0.5) is 23.1 Å².